The molecule has 7 nitrogen and oxygen atoms in total. The summed E-state index contributed by atoms with van der Waals surface area (Å²) in [6.45, 7) is 4.18. The molecule has 1 rings (SSSR count). The minimum atomic E-state index is -0.644. The monoisotopic (exact) mass is 280 g/mol. The molecule has 0 fully saturated rings. The van der Waals surface area contributed by atoms with Crippen LogP contribution in [0.2, 0.25) is 0 Å². The Morgan fingerprint density at radius 1 is 1.45 bits per heavy atom. The van der Waals surface area contributed by atoms with Crippen LogP contribution in [0.5, 0.6) is 0 Å². The molecule has 110 valence electrons. The van der Waals surface area contributed by atoms with Gasteiger partial charge in [-0.3, -0.25) is 9.59 Å². The lowest BCUT2D eigenvalue weighted by Crippen LogP contribution is -2.45. The molecule has 0 saturated carbocycles. The van der Waals surface area contributed by atoms with Gasteiger partial charge in [0.25, 0.3) is 5.91 Å². The van der Waals surface area contributed by atoms with Gasteiger partial charge in [0.05, 0.1) is 6.61 Å². The van der Waals surface area contributed by atoms with Crippen LogP contribution < -0.4 is 16.4 Å². The average Bonchev–Trinajstić information content (AvgIpc) is 2.37. The molecule has 0 aliphatic heterocycles. The van der Waals surface area contributed by atoms with Crippen molar-refractivity contribution in [3.05, 3.63) is 23.4 Å². The summed E-state index contributed by atoms with van der Waals surface area (Å²) >= 11 is 0. The van der Waals surface area contributed by atoms with Crippen LogP contribution >= 0.6 is 0 Å². The predicted octanol–water partition coefficient (Wildman–Crippen LogP) is -0.147. The van der Waals surface area contributed by atoms with Gasteiger partial charge < -0.3 is 21.1 Å². The summed E-state index contributed by atoms with van der Waals surface area (Å²) in [5.74, 6) is -0.363. The lowest BCUT2D eigenvalue weighted by Gasteiger charge is -2.14. The van der Waals surface area contributed by atoms with E-state index in [0.29, 0.717) is 24.4 Å². The first-order valence-corrected chi connectivity index (χ1v) is 6.25. The predicted molar refractivity (Wildman–Crippen MR) is 75.2 cm³/mol. The molecule has 2 amide bonds. The largest absolute Gasteiger partial charge is 0.384 e. The molecule has 1 heterocycles. The second-order valence-electron chi connectivity index (χ2n) is 4.40. The number of hydrogen-bond donors (Lipinski definition) is 3. The third kappa shape index (κ3) is 4.85. The second-order valence-corrected chi connectivity index (χ2v) is 4.40. The van der Waals surface area contributed by atoms with E-state index < -0.39 is 6.04 Å². The summed E-state index contributed by atoms with van der Waals surface area (Å²) in [7, 11) is 1.55. The highest BCUT2D eigenvalue weighted by atomic mass is 16.5. The third-order valence-electron chi connectivity index (χ3n) is 2.58. The van der Waals surface area contributed by atoms with E-state index in [1.165, 1.54) is 6.07 Å². The van der Waals surface area contributed by atoms with Crippen molar-refractivity contribution in [3.8, 4) is 0 Å². The summed E-state index contributed by atoms with van der Waals surface area (Å²) in [5.41, 5.74) is 6.61. The average molecular weight is 280 g/mol. The fourth-order valence-electron chi connectivity index (χ4n) is 1.60. The van der Waals surface area contributed by atoms with E-state index >= 15 is 0 Å². The first kappa shape index (κ1) is 15.9. The van der Waals surface area contributed by atoms with E-state index in [4.69, 9.17) is 10.5 Å². The van der Waals surface area contributed by atoms with Gasteiger partial charge in [-0.25, -0.2) is 4.98 Å². The molecule has 7 heteroatoms. The van der Waals surface area contributed by atoms with Crippen LogP contribution in [0.25, 0.3) is 0 Å². The van der Waals surface area contributed by atoms with E-state index in [1.54, 1.807) is 27.0 Å². The van der Waals surface area contributed by atoms with Crippen molar-refractivity contribution in [1.82, 2.24) is 15.6 Å². The Labute approximate surface area is 117 Å². The fourth-order valence-corrected chi connectivity index (χ4v) is 1.60. The van der Waals surface area contributed by atoms with Gasteiger partial charge in [0.1, 0.15) is 11.9 Å². The van der Waals surface area contributed by atoms with Crippen LogP contribution in [-0.2, 0) is 9.53 Å². The number of aromatic nitrogens is 1. The number of nitrogens with two attached hydrogens (primary N) is 1. The van der Waals surface area contributed by atoms with Crippen molar-refractivity contribution in [1.29, 1.82) is 0 Å². The van der Waals surface area contributed by atoms with Crippen LogP contribution in [0.3, 0.4) is 0 Å². The number of pyridine rings is 1. The van der Waals surface area contributed by atoms with Crippen LogP contribution in [0, 0.1) is 6.92 Å². The molecule has 0 saturated heterocycles. The number of anilines is 1. The number of nitrogens with one attached hydrogen (secondary N) is 2. The number of methoxy groups -OCH3 is 1. The highest BCUT2D eigenvalue weighted by molar-refractivity contribution is 5.97. The molecular weight excluding hydrogens is 260 g/mol. The Bertz CT molecular complexity index is 470. The molecule has 4 N–H and O–H groups in total. The quantitative estimate of drug-likeness (QED) is 0.628. The molecule has 0 radical (unpaired) electrons. The number of rotatable bonds is 6. The van der Waals surface area contributed by atoms with Gasteiger partial charge in [0.15, 0.2) is 0 Å². The molecule has 1 atom stereocenters. The zero-order valence-corrected chi connectivity index (χ0v) is 11.9. The molecule has 1 aromatic heterocycles. The summed E-state index contributed by atoms with van der Waals surface area (Å²) in [4.78, 5) is 27.7. The van der Waals surface area contributed by atoms with Gasteiger partial charge in [-0.15, -0.1) is 0 Å². The minimum Gasteiger partial charge on any atom is -0.384 e. The molecule has 1 unspecified atom stereocenters. The van der Waals surface area contributed by atoms with E-state index in [0.717, 1.165) is 0 Å². The molecule has 20 heavy (non-hydrogen) atoms. The Morgan fingerprint density at radius 3 is 2.75 bits per heavy atom. The Morgan fingerprint density at radius 2 is 2.15 bits per heavy atom. The molecular formula is C13H20N4O3. The molecule has 0 spiro atoms. The molecule has 0 aromatic carbocycles. The molecule has 0 aliphatic carbocycles. The molecule has 1 aromatic rings. The highest BCUT2D eigenvalue weighted by Gasteiger charge is 2.16. The molecule has 0 bridgehead atoms. The SMILES string of the molecule is COCCNC(=O)C(C)NC(=O)c1cc(C)nc(N)c1. The van der Waals surface area contributed by atoms with E-state index in [1.807, 2.05) is 0 Å². The zero-order chi connectivity index (χ0) is 15.1. The molecule has 0 aliphatic rings. The maximum Gasteiger partial charge on any atom is 0.252 e. The Hall–Kier alpha value is -2.15. The maximum atomic E-state index is 12.0. The van der Waals surface area contributed by atoms with Gasteiger partial charge in [0.2, 0.25) is 5.91 Å². The lowest BCUT2D eigenvalue weighted by atomic mass is 10.2. The van der Waals surface area contributed by atoms with Crippen molar-refractivity contribution in [2.45, 2.75) is 19.9 Å². The lowest BCUT2D eigenvalue weighted by molar-refractivity contribution is -0.122. The fraction of sp³-hybridized carbons (Fsp3) is 0.462. The highest BCUT2D eigenvalue weighted by Crippen LogP contribution is 2.07. The summed E-state index contributed by atoms with van der Waals surface area (Å²) < 4.78 is 4.83. The smallest absolute Gasteiger partial charge is 0.252 e. The van der Waals surface area contributed by atoms with Gasteiger partial charge in [-0.05, 0) is 26.0 Å². The van der Waals surface area contributed by atoms with E-state index in [-0.39, 0.29) is 17.6 Å². The van der Waals surface area contributed by atoms with Crippen LogP contribution in [0.15, 0.2) is 12.1 Å². The summed E-state index contributed by atoms with van der Waals surface area (Å²) in [6, 6.07) is 2.44. The standard InChI is InChI=1S/C13H20N4O3/c1-8-6-10(7-11(14)16-8)13(19)17-9(2)12(18)15-4-5-20-3/h6-7,9H,4-5H2,1-3H3,(H2,14,16)(H,15,18)(H,17,19). The minimum absolute atomic E-state index is 0.269. The van der Waals surface area contributed by atoms with Crippen molar-refractivity contribution >= 4 is 17.6 Å². The van der Waals surface area contributed by atoms with Crippen LogP contribution in [0.4, 0.5) is 5.82 Å². The first-order chi connectivity index (χ1) is 9.43. The number of nitrogen functional groups attached to an aromatic ring is 1. The number of amides is 2. The van der Waals surface area contributed by atoms with Crippen molar-refractivity contribution in [3.63, 3.8) is 0 Å². The van der Waals surface area contributed by atoms with Crippen molar-refractivity contribution in [2.24, 2.45) is 0 Å². The number of aryl methyl sites for hydroxylation is 1. The normalized spacial score (nSPS) is 11.8. The van der Waals surface area contributed by atoms with Crippen molar-refractivity contribution in [2.75, 3.05) is 26.0 Å². The number of nitrogens with zero attached hydrogens (tertiary/aromatic N) is 1. The van der Waals surface area contributed by atoms with Crippen LogP contribution in [-0.4, -0.2) is 43.1 Å². The van der Waals surface area contributed by atoms with Gasteiger partial charge in [-0.1, -0.05) is 0 Å². The summed E-state index contributed by atoms with van der Waals surface area (Å²) in [6.07, 6.45) is 0. The Kier molecular flexibility index (Phi) is 5.92. The van der Waals surface area contributed by atoms with Crippen molar-refractivity contribution < 1.29 is 14.3 Å². The number of carbonyl (C=O) groups excluding carboxylic acids is 2. The number of carbonyl (C=O) groups is 2. The van der Waals surface area contributed by atoms with Gasteiger partial charge in [-0.2, -0.15) is 0 Å². The van der Waals surface area contributed by atoms with Gasteiger partial charge >= 0.3 is 0 Å². The third-order valence-corrected chi connectivity index (χ3v) is 2.58. The number of hydrogen-bond acceptors (Lipinski definition) is 5. The van der Waals surface area contributed by atoms with Gasteiger partial charge in [0, 0.05) is 24.9 Å². The topological polar surface area (TPSA) is 106 Å². The maximum absolute atomic E-state index is 12.0. The Balaban J connectivity index is 2.58. The summed E-state index contributed by atoms with van der Waals surface area (Å²) in [5, 5.41) is 5.25. The first-order valence-electron chi connectivity index (χ1n) is 6.25. The van der Waals surface area contributed by atoms with E-state index in [9.17, 15) is 9.59 Å². The zero-order valence-electron chi connectivity index (χ0n) is 11.9. The number of ether oxygens (including phenoxy) is 1. The van der Waals surface area contributed by atoms with Crippen LogP contribution in [0.1, 0.15) is 23.0 Å². The van der Waals surface area contributed by atoms with E-state index in [2.05, 4.69) is 15.6 Å². The second kappa shape index (κ2) is 7.44.